The first kappa shape index (κ1) is 11.7. The van der Waals surface area contributed by atoms with E-state index in [1.807, 2.05) is 0 Å². The molecule has 0 amide bonds. The molecule has 0 saturated carbocycles. The lowest BCUT2D eigenvalue weighted by atomic mass is 10.2. The molecule has 88 valence electrons. The fraction of sp³-hybridized carbons (Fsp3) is 0.143. The molecular formula is C14H12F2O. The number of rotatable bonds is 4. The van der Waals surface area contributed by atoms with Crippen molar-refractivity contribution in [3.05, 3.63) is 71.3 Å². The van der Waals surface area contributed by atoms with Gasteiger partial charge in [0, 0.05) is 0 Å². The minimum atomic E-state index is -0.281. The first-order valence-electron chi connectivity index (χ1n) is 5.31. The predicted molar refractivity (Wildman–Crippen MR) is 61.3 cm³/mol. The summed E-state index contributed by atoms with van der Waals surface area (Å²) in [6, 6.07) is 12.5. The zero-order valence-corrected chi connectivity index (χ0v) is 9.20. The van der Waals surface area contributed by atoms with Crippen LogP contribution in [-0.2, 0) is 18.0 Å². The Morgan fingerprint density at radius 1 is 0.765 bits per heavy atom. The van der Waals surface area contributed by atoms with Crippen LogP contribution in [0.15, 0.2) is 48.5 Å². The van der Waals surface area contributed by atoms with Crippen LogP contribution < -0.4 is 0 Å². The lowest BCUT2D eigenvalue weighted by molar-refractivity contribution is 0.107. The zero-order valence-electron chi connectivity index (χ0n) is 9.20. The second kappa shape index (κ2) is 5.55. The monoisotopic (exact) mass is 234 g/mol. The normalized spacial score (nSPS) is 10.5. The van der Waals surface area contributed by atoms with Crippen molar-refractivity contribution < 1.29 is 13.5 Å². The van der Waals surface area contributed by atoms with E-state index in [0.717, 1.165) is 11.1 Å². The van der Waals surface area contributed by atoms with Gasteiger partial charge in [-0.2, -0.15) is 0 Å². The highest BCUT2D eigenvalue weighted by atomic mass is 19.1. The van der Waals surface area contributed by atoms with Gasteiger partial charge in [0.2, 0.25) is 0 Å². The number of ether oxygens (including phenoxy) is 1. The summed E-state index contributed by atoms with van der Waals surface area (Å²) in [6.45, 7) is 0.628. The van der Waals surface area contributed by atoms with Crippen LogP contribution in [0.1, 0.15) is 11.1 Å². The molecule has 0 N–H and O–H groups in total. The average molecular weight is 234 g/mol. The van der Waals surface area contributed by atoms with Gasteiger partial charge in [-0.1, -0.05) is 24.3 Å². The van der Waals surface area contributed by atoms with Crippen LogP contribution in [0.4, 0.5) is 8.78 Å². The van der Waals surface area contributed by atoms with Crippen LogP contribution in [0, 0.1) is 11.6 Å². The minimum Gasteiger partial charge on any atom is -0.372 e. The van der Waals surface area contributed by atoms with Gasteiger partial charge in [0.1, 0.15) is 11.6 Å². The quantitative estimate of drug-likeness (QED) is 0.784. The summed E-state index contributed by atoms with van der Waals surface area (Å²) in [4.78, 5) is 0. The molecule has 0 bridgehead atoms. The molecule has 0 aliphatic carbocycles. The molecule has 0 atom stereocenters. The van der Waals surface area contributed by atoms with Gasteiger partial charge in [0.05, 0.1) is 13.2 Å². The highest BCUT2D eigenvalue weighted by Crippen LogP contribution is 2.08. The van der Waals surface area contributed by atoms with E-state index in [4.69, 9.17) is 4.74 Å². The van der Waals surface area contributed by atoms with E-state index < -0.39 is 0 Å². The number of benzene rings is 2. The molecule has 0 aliphatic heterocycles. The van der Waals surface area contributed by atoms with E-state index in [9.17, 15) is 8.78 Å². The van der Waals surface area contributed by atoms with E-state index in [2.05, 4.69) is 0 Å². The predicted octanol–water partition coefficient (Wildman–Crippen LogP) is 3.68. The van der Waals surface area contributed by atoms with Crippen molar-refractivity contribution in [1.29, 1.82) is 0 Å². The Balaban J connectivity index is 1.87. The first-order valence-corrected chi connectivity index (χ1v) is 5.31. The highest BCUT2D eigenvalue weighted by Gasteiger charge is 1.98. The summed E-state index contributed by atoms with van der Waals surface area (Å²) in [5.74, 6) is -0.561. The van der Waals surface area contributed by atoms with Crippen molar-refractivity contribution in [3.8, 4) is 0 Å². The van der Waals surface area contributed by atoms with Gasteiger partial charge in [-0.05, 0) is 35.4 Å². The third-order valence-electron chi connectivity index (χ3n) is 2.32. The Morgan fingerprint density at radius 2 is 1.24 bits per heavy atom. The van der Waals surface area contributed by atoms with Gasteiger partial charge >= 0.3 is 0 Å². The van der Waals surface area contributed by atoms with Gasteiger partial charge in [0.25, 0.3) is 0 Å². The fourth-order valence-electron chi connectivity index (χ4n) is 1.54. The van der Waals surface area contributed by atoms with Crippen LogP contribution in [0.5, 0.6) is 0 Å². The number of halogens is 2. The van der Waals surface area contributed by atoms with Crippen molar-refractivity contribution >= 4 is 0 Å². The molecule has 3 heteroatoms. The summed E-state index contributed by atoms with van der Waals surface area (Å²) >= 11 is 0. The van der Waals surface area contributed by atoms with Crippen molar-refractivity contribution in [3.63, 3.8) is 0 Å². The van der Waals surface area contributed by atoms with Crippen LogP contribution in [0.3, 0.4) is 0 Å². The first-order chi connectivity index (χ1) is 8.24. The summed E-state index contributed by atoms with van der Waals surface area (Å²) in [6.07, 6.45) is 0. The maximum atomic E-state index is 12.9. The summed E-state index contributed by atoms with van der Waals surface area (Å²) in [5, 5.41) is 0. The molecule has 17 heavy (non-hydrogen) atoms. The molecule has 2 aromatic rings. The van der Waals surface area contributed by atoms with E-state index in [0.29, 0.717) is 13.2 Å². The molecule has 0 saturated heterocycles. The average Bonchev–Trinajstić information content (AvgIpc) is 2.29. The number of hydrogen-bond donors (Lipinski definition) is 0. The topological polar surface area (TPSA) is 9.23 Å². The molecule has 0 spiro atoms. The maximum Gasteiger partial charge on any atom is 0.123 e. The standard InChI is InChI=1S/C14H12F2O/c15-13-5-1-3-11(7-13)9-17-10-12-4-2-6-14(16)8-12/h1-8H,9-10H2. The van der Waals surface area contributed by atoms with E-state index in [-0.39, 0.29) is 11.6 Å². The molecule has 0 heterocycles. The van der Waals surface area contributed by atoms with Crippen LogP contribution in [0.25, 0.3) is 0 Å². The molecule has 1 nitrogen and oxygen atoms in total. The molecule has 0 aromatic heterocycles. The van der Waals surface area contributed by atoms with Crippen molar-refractivity contribution in [2.24, 2.45) is 0 Å². The Kier molecular flexibility index (Phi) is 3.83. The molecule has 0 aliphatic rings. The third-order valence-corrected chi connectivity index (χ3v) is 2.32. The summed E-state index contributed by atoms with van der Waals surface area (Å²) < 4.78 is 31.1. The Morgan fingerprint density at radius 3 is 1.65 bits per heavy atom. The SMILES string of the molecule is Fc1cccc(COCc2cccc(F)c2)c1. The minimum absolute atomic E-state index is 0.281. The zero-order chi connectivity index (χ0) is 12.1. The van der Waals surface area contributed by atoms with E-state index >= 15 is 0 Å². The Hall–Kier alpha value is -1.74. The van der Waals surface area contributed by atoms with Crippen molar-refractivity contribution in [1.82, 2.24) is 0 Å². The van der Waals surface area contributed by atoms with Gasteiger partial charge in [-0.15, -0.1) is 0 Å². The largest absolute Gasteiger partial charge is 0.372 e. The lowest BCUT2D eigenvalue weighted by Gasteiger charge is -2.04. The fourth-order valence-corrected chi connectivity index (χ4v) is 1.54. The smallest absolute Gasteiger partial charge is 0.123 e. The Bertz CT molecular complexity index is 452. The molecule has 0 radical (unpaired) electrons. The van der Waals surface area contributed by atoms with Gasteiger partial charge in [0.15, 0.2) is 0 Å². The lowest BCUT2D eigenvalue weighted by Crippen LogP contribution is -1.95. The highest BCUT2D eigenvalue weighted by molar-refractivity contribution is 5.17. The third kappa shape index (κ3) is 3.64. The number of hydrogen-bond acceptors (Lipinski definition) is 1. The summed E-state index contributed by atoms with van der Waals surface area (Å²) in [5.41, 5.74) is 1.53. The second-order valence-corrected chi connectivity index (χ2v) is 3.75. The molecular weight excluding hydrogens is 222 g/mol. The second-order valence-electron chi connectivity index (χ2n) is 3.75. The van der Waals surface area contributed by atoms with Crippen LogP contribution in [-0.4, -0.2) is 0 Å². The van der Waals surface area contributed by atoms with Crippen LogP contribution >= 0.6 is 0 Å². The van der Waals surface area contributed by atoms with Gasteiger partial charge in [-0.25, -0.2) is 8.78 Å². The molecule has 0 unspecified atom stereocenters. The molecule has 0 fully saturated rings. The van der Waals surface area contributed by atoms with Crippen LogP contribution in [0.2, 0.25) is 0 Å². The van der Waals surface area contributed by atoms with E-state index in [1.54, 1.807) is 24.3 Å². The van der Waals surface area contributed by atoms with Crippen molar-refractivity contribution in [2.75, 3.05) is 0 Å². The van der Waals surface area contributed by atoms with Gasteiger partial charge < -0.3 is 4.74 Å². The van der Waals surface area contributed by atoms with Crippen molar-refractivity contribution in [2.45, 2.75) is 13.2 Å². The summed E-state index contributed by atoms with van der Waals surface area (Å²) in [7, 11) is 0. The maximum absolute atomic E-state index is 12.9. The molecule has 2 aromatic carbocycles. The van der Waals surface area contributed by atoms with E-state index in [1.165, 1.54) is 24.3 Å². The molecule has 2 rings (SSSR count). The Labute approximate surface area is 98.7 Å². The van der Waals surface area contributed by atoms with Gasteiger partial charge in [-0.3, -0.25) is 0 Å².